The average Bonchev–Trinajstić information content (AvgIpc) is 3.66. The molecule has 0 spiro atoms. The highest BCUT2D eigenvalue weighted by molar-refractivity contribution is 7.85. The summed E-state index contributed by atoms with van der Waals surface area (Å²) in [4.78, 5) is 32.2. The number of benzene rings is 2. The Hall–Kier alpha value is -4.61. The number of amides is 2. The molecule has 0 radical (unpaired) electrons. The maximum absolute atomic E-state index is 11.9. The van der Waals surface area contributed by atoms with Crippen LogP contribution in [0.3, 0.4) is 0 Å². The average molecular weight is 726 g/mol. The molecule has 0 bridgehead atoms. The van der Waals surface area contributed by atoms with Crippen LogP contribution in [0.2, 0.25) is 0 Å². The topological polar surface area (TPSA) is 143 Å². The van der Waals surface area contributed by atoms with Gasteiger partial charge in [0.1, 0.15) is 0 Å². The lowest BCUT2D eigenvalue weighted by Gasteiger charge is -2.30. The van der Waals surface area contributed by atoms with E-state index < -0.39 is 15.5 Å². The number of nitrogens with zero attached hydrogens (tertiary/aromatic N) is 3. The fourth-order valence-corrected chi connectivity index (χ4v) is 8.22. The molecule has 1 saturated heterocycles. The zero-order chi connectivity index (χ0) is 37.5. The Morgan fingerprint density at radius 1 is 0.904 bits per heavy atom. The van der Waals surface area contributed by atoms with Crippen molar-refractivity contribution in [2.75, 3.05) is 24.5 Å². The first-order chi connectivity index (χ1) is 24.8. The van der Waals surface area contributed by atoms with E-state index in [2.05, 4.69) is 74.3 Å². The number of likely N-dealkylation sites (tertiary alicyclic amines) is 1. The van der Waals surface area contributed by atoms with Gasteiger partial charge in [0.2, 0.25) is 11.8 Å². The van der Waals surface area contributed by atoms with Crippen LogP contribution in [0, 0.1) is 5.41 Å². The molecular weight excluding hydrogens is 675 g/mol. The van der Waals surface area contributed by atoms with Gasteiger partial charge in [-0.1, -0.05) is 68.8 Å². The van der Waals surface area contributed by atoms with Gasteiger partial charge in [-0.25, -0.2) is 0 Å². The normalized spacial score (nSPS) is 22.4. The number of rotatable bonds is 16. The number of imide groups is 1. The van der Waals surface area contributed by atoms with Crippen LogP contribution in [0.15, 0.2) is 101 Å². The molecule has 2 atom stereocenters. The molecule has 276 valence electrons. The highest BCUT2D eigenvalue weighted by atomic mass is 32.2. The molecule has 0 saturated carbocycles. The fourth-order valence-electron chi connectivity index (χ4n) is 7.72. The van der Waals surface area contributed by atoms with Gasteiger partial charge in [0.15, 0.2) is 0 Å². The minimum Gasteiger partial charge on any atom is -0.372 e. The third kappa shape index (κ3) is 8.21. The molecule has 2 aromatic carbocycles. The number of allylic oxidation sites excluding steroid dienone is 8. The van der Waals surface area contributed by atoms with Crippen LogP contribution in [-0.4, -0.2) is 60.9 Å². The Morgan fingerprint density at radius 2 is 1.62 bits per heavy atom. The first-order valence-electron chi connectivity index (χ1n) is 18.3. The molecule has 2 unspecified atom stereocenters. The molecule has 2 amide bonds. The van der Waals surface area contributed by atoms with E-state index >= 15 is 0 Å². The fraction of sp³-hybridized carbons (Fsp3) is 0.415. The Balaban J connectivity index is 1.25. The maximum atomic E-state index is 11.9. The van der Waals surface area contributed by atoms with Crippen molar-refractivity contribution < 1.29 is 22.6 Å². The minimum atomic E-state index is -4.31. The molecule has 1 fully saturated rings. The smallest absolute Gasteiger partial charge is 0.294 e. The third-order valence-electron chi connectivity index (χ3n) is 10.4. The second-order valence-electron chi connectivity index (χ2n) is 14.1. The summed E-state index contributed by atoms with van der Waals surface area (Å²) in [5, 5.41) is 11.6. The summed E-state index contributed by atoms with van der Waals surface area (Å²) >= 11 is 0. The molecule has 52 heavy (non-hydrogen) atoms. The Morgan fingerprint density at radius 3 is 2.33 bits per heavy atom. The zero-order valence-corrected chi connectivity index (χ0v) is 31.5. The van der Waals surface area contributed by atoms with Crippen molar-refractivity contribution in [1.29, 1.82) is 5.41 Å². The van der Waals surface area contributed by atoms with Crippen LogP contribution in [0.5, 0.6) is 0 Å². The van der Waals surface area contributed by atoms with Crippen molar-refractivity contribution in [2.45, 2.75) is 94.8 Å². The first kappa shape index (κ1) is 38.6. The van der Waals surface area contributed by atoms with E-state index in [1.54, 1.807) is 12.1 Å². The van der Waals surface area contributed by atoms with E-state index in [0.29, 0.717) is 25.3 Å². The van der Waals surface area contributed by atoms with Crippen molar-refractivity contribution in [3.63, 3.8) is 0 Å². The quantitative estimate of drug-likeness (QED) is 0.0529. The van der Waals surface area contributed by atoms with Crippen LogP contribution in [0.4, 0.5) is 11.4 Å². The highest BCUT2D eigenvalue weighted by Crippen LogP contribution is 2.50. The molecule has 0 aliphatic carbocycles. The maximum Gasteiger partial charge on any atom is 0.294 e. The largest absolute Gasteiger partial charge is 0.372 e. The summed E-state index contributed by atoms with van der Waals surface area (Å²) in [5.74, 6) is 0.141. The molecule has 3 N–H and O–H groups in total. The highest BCUT2D eigenvalue weighted by Gasteiger charge is 2.42. The SMILES string of the molecule is CCCN1/C(=C/C=C/C=C/C=C/C2=Nc3ccc(S(=O)(=O)O)cc3C2(C)CCC)C(C)(CCCC(=N)NCCN2C(=O)CCC2=O)c2ccccc21. The summed E-state index contributed by atoms with van der Waals surface area (Å²) < 4.78 is 33.2. The van der Waals surface area contributed by atoms with E-state index in [4.69, 9.17) is 10.4 Å². The van der Waals surface area contributed by atoms with Gasteiger partial charge in [0.05, 0.1) is 22.1 Å². The summed E-state index contributed by atoms with van der Waals surface area (Å²) in [7, 11) is -4.31. The molecule has 3 aliphatic heterocycles. The van der Waals surface area contributed by atoms with Gasteiger partial charge < -0.3 is 10.2 Å². The number of hydrogen-bond donors (Lipinski definition) is 3. The van der Waals surface area contributed by atoms with E-state index in [1.807, 2.05) is 30.4 Å². The Kier molecular flexibility index (Phi) is 12.2. The van der Waals surface area contributed by atoms with Crippen molar-refractivity contribution >= 4 is 44.9 Å². The van der Waals surface area contributed by atoms with Gasteiger partial charge in [0, 0.05) is 61.1 Å². The van der Waals surface area contributed by atoms with Crippen LogP contribution >= 0.6 is 0 Å². The zero-order valence-electron chi connectivity index (χ0n) is 30.7. The van der Waals surface area contributed by atoms with E-state index in [0.717, 1.165) is 55.6 Å². The van der Waals surface area contributed by atoms with Gasteiger partial charge in [-0.2, -0.15) is 8.42 Å². The number of aliphatic imine (C=N–C) groups is 1. The van der Waals surface area contributed by atoms with E-state index in [1.165, 1.54) is 27.9 Å². The number of fused-ring (bicyclic) bond motifs is 2. The summed E-state index contributed by atoms with van der Waals surface area (Å²) in [6.45, 7) is 10.2. The van der Waals surface area contributed by atoms with Gasteiger partial charge in [0.25, 0.3) is 10.1 Å². The van der Waals surface area contributed by atoms with Crippen LogP contribution in [0.25, 0.3) is 0 Å². The van der Waals surface area contributed by atoms with E-state index in [-0.39, 0.29) is 35.0 Å². The van der Waals surface area contributed by atoms with E-state index in [9.17, 15) is 22.6 Å². The van der Waals surface area contributed by atoms with Crippen molar-refractivity contribution in [1.82, 2.24) is 10.2 Å². The number of anilines is 1. The molecule has 0 aromatic heterocycles. The van der Waals surface area contributed by atoms with Crippen LogP contribution in [0.1, 0.15) is 90.2 Å². The number of amidine groups is 1. The summed E-state index contributed by atoms with van der Waals surface area (Å²) in [6.07, 6.45) is 19.6. The first-order valence-corrected chi connectivity index (χ1v) is 19.7. The lowest BCUT2D eigenvalue weighted by Crippen LogP contribution is -2.37. The lowest BCUT2D eigenvalue weighted by atomic mass is 9.76. The number of nitrogens with one attached hydrogen (secondary N) is 2. The molecule has 3 heterocycles. The summed E-state index contributed by atoms with van der Waals surface area (Å²) in [5.41, 5.74) is 5.38. The number of para-hydroxylation sites is 1. The van der Waals surface area contributed by atoms with Gasteiger partial charge in [-0.3, -0.25) is 29.4 Å². The molecule has 5 rings (SSSR count). The van der Waals surface area contributed by atoms with Gasteiger partial charge in [-0.05, 0) is 87.1 Å². The lowest BCUT2D eigenvalue weighted by molar-refractivity contribution is -0.138. The predicted molar refractivity (Wildman–Crippen MR) is 208 cm³/mol. The molecular formula is C41H51N5O5S. The molecule has 2 aromatic rings. The standard InChI is InChI=1S/C41H51N5O5S/c1-5-24-40(3)32-29-30(52(49,50)51)20-21-33(32)44-35(40)17-10-8-7-9-11-18-36-41(4,31-15-12-13-16-34(31)45(36)27-6-2)25-14-19-37(42)43-26-28-46-38(47)22-23-39(46)48/h7-13,15-18,20-21,29H,5-6,14,19,22-28H2,1-4H3,(H2,42,43)(H,49,50,51)/b8-7+,11-9+,17-10+,36-18+. The van der Waals surface area contributed by atoms with Crippen molar-refractivity contribution in [3.05, 3.63) is 102 Å². The molecule has 10 nitrogen and oxygen atoms in total. The predicted octanol–water partition coefficient (Wildman–Crippen LogP) is 7.70. The molecule has 11 heteroatoms. The third-order valence-corrected chi connectivity index (χ3v) is 11.2. The summed E-state index contributed by atoms with van der Waals surface area (Å²) in [6, 6.07) is 13.1. The second kappa shape index (κ2) is 16.4. The second-order valence-corrected chi connectivity index (χ2v) is 15.5. The van der Waals surface area contributed by atoms with Crippen LogP contribution in [-0.2, 0) is 30.5 Å². The van der Waals surface area contributed by atoms with Crippen molar-refractivity contribution in [3.8, 4) is 0 Å². The minimum absolute atomic E-state index is 0.119. The Bertz CT molecular complexity index is 1950. The number of carbonyl (C=O) groups is 2. The Labute approximate surface area is 308 Å². The monoisotopic (exact) mass is 725 g/mol. The van der Waals surface area contributed by atoms with Crippen LogP contribution < -0.4 is 10.2 Å². The van der Waals surface area contributed by atoms with Crippen molar-refractivity contribution in [2.24, 2.45) is 4.99 Å². The van der Waals surface area contributed by atoms with Gasteiger partial charge >= 0.3 is 0 Å². The molecule has 3 aliphatic rings. The number of hydrogen-bond acceptors (Lipinski definition) is 7. The van der Waals surface area contributed by atoms with Gasteiger partial charge in [-0.15, -0.1) is 0 Å². The number of carbonyl (C=O) groups excluding carboxylic acids is 2.